The largest absolute Gasteiger partial charge is 0.340 e. The number of piperazine rings is 1. The Bertz CT molecular complexity index is 673. The van der Waals surface area contributed by atoms with Gasteiger partial charge in [-0.2, -0.15) is 4.98 Å². The quantitative estimate of drug-likeness (QED) is 0.911. The third-order valence-electron chi connectivity index (χ3n) is 4.33. The summed E-state index contributed by atoms with van der Waals surface area (Å²) in [6, 6.07) is 8.19. The summed E-state index contributed by atoms with van der Waals surface area (Å²) in [5, 5.41) is 7.27. The van der Waals surface area contributed by atoms with Gasteiger partial charge in [-0.15, -0.1) is 0 Å². The summed E-state index contributed by atoms with van der Waals surface area (Å²) < 4.78 is 5.29. The van der Waals surface area contributed by atoms with Crippen LogP contribution in [-0.4, -0.2) is 47.1 Å². The summed E-state index contributed by atoms with van der Waals surface area (Å²) >= 11 is 0. The Balaban J connectivity index is 1.58. The van der Waals surface area contributed by atoms with Crippen molar-refractivity contribution in [3.8, 4) is 11.4 Å². The van der Waals surface area contributed by atoms with E-state index in [0.29, 0.717) is 30.5 Å². The van der Waals surface area contributed by atoms with Crippen molar-refractivity contribution in [2.45, 2.75) is 32.6 Å². The van der Waals surface area contributed by atoms with E-state index in [9.17, 15) is 4.79 Å². The van der Waals surface area contributed by atoms with Gasteiger partial charge < -0.3 is 14.7 Å². The topological polar surface area (TPSA) is 71.3 Å². The van der Waals surface area contributed by atoms with Crippen LogP contribution in [0.2, 0.25) is 0 Å². The molecule has 0 bridgehead atoms. The van der Waals surface area contributed by atoms with Crippen LogP contribution in [0, 0.1) is 0 Å². The molecule has 0 saturated carbocycles. The van der Waals surface area contributed by atoms with Gasteiger partial charge in [-0.3, -0.25) is 4.79 Å². The normalized spacial score (nSPS) is 15.0. The van der Waals surface area contributed by atoms with E-state index in [-0.39, 0.29) is 5.91 Å². The molecule has 0 aliphatic carbocycles. The zero-order valence-corrected chi connectivity index (χ0v) is 14.3. The molecule has 0 atom stereocenters. The van der Waals surface area contributed by atoms with Gasteiger partial charge in [-0.25, -0.2) is 0 Å². The Morgan fingerprint density at radius 2 is 1.96 bits per heavy atom. The summed E-state index contributed by atoms with van der Waals surface area (Å²) in [5.74, 6) is 1.74. The van der Waals surface area contributed by atoms with E-state index in [0.717, 1.165) is 31.7 Å². The molecule has 0 unspecified atom stereocenters. The Labute approximate surface area is 142 Å². The maximum atomic E-state index is 12.2. The number of hydrogen-bond donors (Lipinski definition) is 1. The molecule has 0 spiro atoms. The molecular weight excluding hydrogens is 304 g/mol. The predicted octanol–water partition coefficient (Wildman–Crippen LogP) is 2.22. The molecule has 1 N–H and O–H groups in total. The Morgan fingerprint density at radius 3 is 2.62 bits per heavy atom. The standard InChI is InChI=1S/C18H24N4O2/c1-13(2)14-3-5-15(6-4-14)18-20-16(24-21-18)7-8-17(23)22-11-9-19-10-12-22/h3-6,13,19H,7-12H2,1-2H3. The molecular formula is C18H24N4O2. The molecule has 24 heavy (non-hydrogen) atoms. The zero-order chi connectivity index (χ0) is 16.9. The highest BCUT2D eigenvalue weighted by molar-refractivity contribution is 5.76. The maximum Gasteiger partial charge on any atom is 0.227 e. The van der Waals surface area contributed by atoms with Gasteiger partial charge in [0.15, 0.2) is 0 Å². The summed E-state index contributed by atoms with van der Waals surface area (Å²) in [7, 11) is 0. The van der Waals surface area contributed by atoms with Crippen molar-refractivity contribution in [1.82, 2.24) is 20.4 Å². The first-order valence-electron chi connectivity index (χ1n) is 8.55. The maximum absolute atomic E-state index is 12.2. The first-order valence-corrected chi connectivity index (χ1v) is 8.55. The van der Waals surface area contributed by atoms with Gasteiger partial charge in [-0.1, -0.05) is 43.3 Å². The van der Waals surface area contributed by atoms with E-state index in [2.05, 4.69) is 41.4 Å². The summed E-state index contributed by atoms with van der Waals surface area (Å²) in [6.07, 6.45) is 0.897. The van der Waals surface area contributed by atoms with Gasteiger partial charge >= 0.3 is 0 Å². The van der Waals surface area contributed by atoms with E-state index in [4.69, 9.17) is 4.52 Å². The second-order valence-corrected chi connectivity index (χ2v) is 6.42. The number of benzene rings is 1. The molecule has 2 heterocycles. The van der Waals surface area contributed by atoms with Crippen molar-refractivity contribution >= 4 is 5.91 Å². The van der Waals surface area contributed by atoms with Crippen LogP contribution < -0.4 is 5.32 Å². The highest BCUT2D eigenvalue weighted by Crippen LogP contribution is 2.20. The van der Waals surface area contributed by atoms with E-state index in [1.54, 1.807) is 0 Å². The number of hydrogen-bond acceptors (Lipinski definition) is 5. The van der Waals surface area contributed by atoms with Crippen molar-refractivity contribution in [3.05, 3.63) is 35.7 Å². The average molecular weight is 328 g/mol. The van der Waals surface area contributed by atoms with E-state index < -0.39 is 0 Å². The summed E-state index contributed by atoms with van der Waals surface area (Å²) in [5.41, 5.74) is 2.21. The lowest BCUT2D eigenvalue weighted by Crippen LogP contribution is -2.46. The molecule has 128 valence electrons. The zero-order valence-electron chi connectivity index (χ0n) is 14.3. The minimum absolute atomic E-state index is 0.150. The van der Waals surface area contributed by atoms with Crippen molar-refractivity contribution in [2.24, 2.45) is 0 Å². The van der Waals surface area contributed by atoms with Gasteiger partial charge in [0.2, 0.25) is 17.6 Å². The fourth-order valence-electron chi connectivity index (χ4n) is 2.78. The summed E-state index contributed by atoms with van der Waals surface area (Å²) in [6.45, 7) is 7.60. The van der Waals surface area contributed by atoms with Crippen molar-refractivity contribution in [2.75, 3.05) is 26.2 Å². The third-order valence-corrected chi connectivity index (χ3v) is 4.33. The van der Waals surface area contributed by atoms with Crippen LogP contribution in [-0.2, 0) is 11.2 Å². The predicted molar refractivity (Wildman–Crippen MR) is 91.6 cm³/mol. The molecule has 0 radical (unpaired) electrons. The molecule has 3 rings (SSSR count). The number of amides is 1. The number of nitrogens with one attached hydrogen (secondary N) is 1. The first-order chi connectivity index (χ1) is 11.6. The molecule has 1 saturated heterocycles. The van der Waals surface area contributed by atoms with E-state index >= 15 is 0 Å². The molecule has 1 amide bonds. The lowest BCUT2D eigenvalue weighted by atomic mass is 10.0. The highest BCUT2D eigenvalue weighted by atomic mass is 16.5. The number of carbonyl (C=O) groups excluding carboxylic acids is 1. The van der Waals surface area contributed by atoms with Crippen LogP contribution in [0.3, 0.4) is 0 Å². The smallest absolute Gasteiger partial charge is 0.227 e. The second kappa shape index (κ2) is 7.57. The van der Waals surface area contributed by atoms with Gasteiger partial charge in [0.25, 0.3) is 0 Å². The van der Waals surface area contributed by atoms with Gasteiger partial charge in [0.1, 0.15) is 0 Å². The van der Waals surface area contributed by atoms with E-state index in [1.165, 1.54) is 5.56 Å². The van der Waals surface area contributed by atoms with Crippen molar-refractivity contribution in [3.63, 3.8) is 0 Å². The van der Waals surface area contributed by atoms with Gasteiger partial charge in [-0.05, 0) is 11.5 Å². The number of aryl methyl sites for hydroxylation is 1. The lowest BCUT2D eigenvalue weighted by Gasteiger charge is -2.27. The minimum Gasteiger partial charge on any atom is -0.340 e. The Hall–Kier alpha value is -2.21. The van der Waals surface area contributed by atoms with Crippen LogP contribution in [0.1, 0.15) is 37.6 Å². The third kappa shape index (κ3) is 4.00. The van der Waals surface area contributed by atoms with Crippen molar-refractivity contribution < 1.29 is 9.32 Å². The highest BCUT2D eigenvalue weighted by Gasteiger charge is 2.17. The Kier molecular flexibility index (Phi) is 5.25. The van der Waals surface area contributed by atoms with E-state index in [1.807, 2.05) is 17.0 Å². The Morgan fingerprint density at radius 1 is 1.25 bits per heavy atom. The second-order valence-electron chi connectivity index (χ2n) is 6.42. The van der Waals surface area contributed by atoms with Crippen LogP contribution >= 0.6 is 0 Å². The monoisotopic (exact) mass is 328 g/mol. The molecule has 1 fully saturated rings. The first kappa shape index (κ1) is 16.6. The van der Waals surface area contributed by atoms with Gasteiger partial charge in [0, 0.05) is 44.6 Å². The molecule has 6 nitrogen and oxygen atoms in total. The molecule has 1 aliphatic rings. The van der Waals surface area contributed by atoms with Crippen LogP contribution in [0.25, 0.3) is 11.4 Å². The van der Waals surface area contributed by atoms with Crippen LogP contribution in [0.5, 0.6) is 0 Å². The fourth-order valence-corrected chi connectivity index (χ4v) is 2.78. The number of aromatic nitrogens is 2. The molecule has 2 aromatic rings. The van der Waals surface area contributed by atoms with Gasteiger partial charge in [0.05, 0.1) is 0 Å². The van der Waals surface area contributed by atoms with Crippen molar-refractivity contribution in [1.29, 1.82) is 0 Å². The number of carbonyl (C=O) groups is 1. The number of nitrogens with zero attached hydrogens (tertiary/aromatic N) is 3. The molecule has 1 aliphatic heterocycles. The molecule has 1 aromatic carbocycles. The average Bonchev–Trinajstić information content (AvgIpc) is 3.09. The summed E-state index contributed by atoms with van der Waals surface area (Å²) in [4.78, 5) is 18.5. The van der Waals surface area contributed by atoms with Crippen LogP contribution in [0.15, 0.2) is 28.8 Å². The molecule has 1 aromatic heterocycles. The molecule has 6 heteroatoms. The fraction of sp³-hybridized carbons (Fsp3) is 0.500. The van der Waals surface area contributed by atoms with Crippen LogP contribution in [0.4, 0.5) is 0 Å². The number of rotatable bonds is 5. The SMILES string of the molecule is CC(C)c1ccc(-c2noc(CCC(=O)N3CCNCC3)n2)cc1. The lowest BCUT2D eigenvalue weighted by molar-refractivity contribution is -0.131. The minimum atomic E-state index is 0.150.